The Kier molecular flexibility index (Phi) is 4.85. The molecule has 0 bridgehead atoms. The highest BCUT2D eigenvalue weighted by Crippen LogP contribution is 2.17. The molecule has 0 saturated carbocycles. The lowest BCUT2D eigenvalue weighted by molar-refractivity contribution is -0.384. The molecular formula is C21H17N5O4. The van der Waals surface area contributed by atoms with Crippen LogP contribution in [0.2, 0.25) is 0 Å². The molecule has 0 aliphatic rings. The molecule has 0 amide bonds. The van der Waals surface area contributed by atoms with Gasteiger partial charge in [0.1, 0.15) is 0 Å². The summed E-state index contributed by atoms with van der Waals surface area (Å²) >= 11 is 0. The van der Waals surface area contributed by atoms with Crippen LogP contribution in [0.15, 0.2) is 83.2 Å². The quantitative estimate of drug-likeness (QED) is 0.279. The molecule has 2 heterocycles. The van der Waals surface area contributed by atoms with Crippen molar-refractivity contribution in [3.8, 4) is 5.69 Å². The molecule has 0 N–H and O–H groups in total. The number of imidazole rings is 1. The number of para-hydroxylation sites is 1. The summed E-state index contributed by atoms with van der Waals surface area (Å²) in [6.07, 6.45) is 2.94. The molecule has 30 heavy (non-hydrogen) atoms. The first kappa shape index (κ1) is 19.1. The number of allylic oxidation sites excluding steroid dienone is 1. The zero-order valence-electron chi connectivity index (χ0n) is 15.8. The molecule has 0 saturated heterocycles. The van der Waals surface area contributed by atoms with E-state index in [0.29, 0.717) is 11.3 Å². The molecule has 9 nitrogen and oxygen atoms in total. The summed E-state index contributed by atoms with van der Waals surface area (Å²) < 4.78 is 4.06. The van der Waals surface area contributed by atoms with Crippen LogP contribution >= 0.6 is 0 Å². The van der Waals surface area contributed by atoms with Crippen LogP contribution in [-0.4, -0.2) is 23.6 Å². The van der Waals surface area contributed by atoms with Crippen LogP contribution in [0.4, 0.5) is 5.69 Å². The third-order valence-corrected chi connectivity index (χ3v) is 4.70. The van der Waals surface area contributed by atoms with Gasteiger partial charge >= 0.3 is 5.69 Å². The second kappa shape index (κ2) is 7.63. The monoisotopic (exact) mass is 403 g/mol. The number of nitrogens with zero attached hydrogens (tertiary/aromatic N) is 5. The smallest absolute Gasteiger partial charge is 0.320 e. The Bertz CT molecular complexity index is 1380. The predicted octanol–water partition coefficient (Wildman–Crippen LogP) is 2.49. The molecule has 150 valence electrons. The van der Waals surface area contributed by atoms with Crippen LogP contribution in [-0.2, 0) is 13.1 Å². The second-order valence-electron chi connectivity index (χ2n) is 6.63. The van der Waals surface area contributed by atoms with Gasteiger partial charge in [-0.1, -0.05) is 36.4 Å². The SMILES string of the molecule is C=CCn1c(=O)c2c(ncn2Cc2cccc([N+](=O)[O-])c2)n(-c2ccccc2)c1=O. The Balaban J connectivity index is 1.96. The summed E-state index contributed by atoms with van der Waals surface area (Å²) in [5.74, 6) is 0. The Hall–Kier alpha value is -4.27. The lowest BCUT2D eigenvalue weighted by Crippen LogP contribution is -2.39. The molecule has 4 rings (SSSR count). The Morgan fingerprint density at radius 2 is 1.87 bits per heavy atom. The number of hydrogen-bond donors (Lipinski definition) is 0. The Labute approximate surface area is 169 Å². The zero-order valence-corrected chi connectivity index (χ0v) is 15.8. The zero-order chi connectivity index (χ0) is 21.3. The average Bonchev–Trinajstić information content (AvgIpc) is 3.15. The van der Waals surface area contributed by atoms with Gasteiger partial charge in [-0.15, -0.1) is 6.58 Å². The molecule has 0 spiro atoms. The number of benzene rings is 2. The summed E-state index contributed by atoms with van der Waals surface area (Å²) in [5, 5.41) is 11.1. The number of non-ortho nitro benzene ring substituents is 1. The number of rotatable bonds is 6. The molecule has 4 aromatic rings. The van der Waals surface area contributed by atoms with E-state index in [1.807, 2.05) is 6.07 Å². The molecule has 0 fully saturated rings. The van der Waals surface area contributed by atoms with Gasteiger partial charge < -0.3 is 4.57 Å². The summed E-state index contributed by atoms with van der Waals surface area (Å²) in [4.78, 5) is 41.1. The second-order valence-corrected chi connectivity index (χ2v) is 6.63. The lowest BCUT2D eigenvalue weighted by Gasteiger charge is -2.11. The standard InChI is InChI=1S/C21H17N5O4/c1-2-11-24-20(27)18-19(25(21(24)28)16-8-4-3-5-9-16)22-14-23(18)13-15-7-6-10-17(12-15)26(29)30/h2-10,12,14H,1,11,13H2. The molecule has 0 radical (unpaired) electrons. The summed E-state index contributed by atoms with van der Waals surface area (Å²) in [6.45, 7) is 3.86. The van der Waals surface area contributed by atoms with Crippen molar-refractivity contribution in [2.45, 2.75) is 13.1 Å². The molecule has 2 aromatic carbocycles. The van der Waals surface area contributed by atoms with Crippen molar-refractivity contribution in [1.29, 1.82) is 0 Å². The number of aromatic nitrogens is 4. The van der Waals surface area contributed by atoms with Crippen molar-refractivity contribution in [2.75, 3.05) is 0 Å². The fraction of sp³-hybridized carbons (Fsp3) is 0.0952. The predicted molar refractivity (Wildman–Crippen MR) is 112 cm³/mol. The van der Waals surface area contributed by atoms with Gasteiger partial charge in [0.2, 0.25) is 0 Å². The van der Waals surface area contributed by atoms with E-state index in [1.54, 1.807) is 41.0 Å². The number of nitro benzene ring substituents is 1. The van der Waals surface area contributed by atoms with Crippen molar-refractivity contribution in [3.63, 3.8) is 0 Å². The highest BCUT2D eigenvalue weighted by Gasteiger charge is 2.19. The van der Waals surface area contributed by atoms with Crippen LogP contribution in [0.1, 0.15) is 5.56 Å². The average molecular weight is 403 g/mol. The molecular weight excluding hydrogens is 386 g/mol. The maximum Gasteiger partial charge on any atom is 0.337 e. The van der Waals surface area contributed by atoms with Gasteiger partial charge in [-0.3, -0.25) is 19.5 Å². The minimum absolute atomic E-state index is 0.0396. The van der Waals surface area contributed by atoms with Crippen LogP contribution in [0, 0.1) is 10.1 Å². The maximum atomic E-state index is 13.1. The first-order chi connectivity index (χ1) is 14.5. The number of nitro groups is 1. The van der Waals surface area contributed by atoms with E-state index in [0.717, 1.165) is 4.57 Å². The van der Waals surface area contributed by atoms with E-state index < -0.39 is 16.2 Å². The molecule has 2 aromatic heterocycles. The van der Waals surface area contributed by atoms with Crippen LogP contribution in [0.5, 0.6) is 0 Å². The first-order valence-corrected chi connectivity index (χ1v) is 9.11. The molecule has 0 aliphatic carbocycles. The summed E-state index contributed by atoms with van der Waals surface area (Å²) in [6, 6.07) is 15.1. The van der Waals surface area contributed by atoms with Gasteiger partial charge in [-0.2, -0.15) is 0 Å². The largest absolute Gasteiger partial charge is 0.337 e. The van der Waals surface area contributed by atoms with Gasteiger partial charge in [0.05, 0.1) is 16.9 Å². The highest BCUT2D eigenvalue weighted by atomic mass is 16.6. The van der Waals surface area contributed by atoms with Crippen molar-refractivity contribution < 1.29 is 4.92 Å². The van der Waals surface area contributed by atoms with E-state index >= 15 is 0 Å². The van der Waals surface area contributed by atoms with Gasteiger partial charge in [0.15, 0.2) is 11.2 Å². The van der Waals surface area contributed by atoms with E-state index in [1.165, 1.54) is 29.1 Å². The summed E-state index contributed by atoms with van der Waals surface area (Å²) in [7, 11) is 0. The van der Waals surface area contributed by atoms with Gasteiger partial charge in [-0.05, 0) is 17.7 Å². The lowest BCUT2D eigenvalue weighted by atomic mass is 10.2. The fourth-order valence-electron chi connectivity index (χ4n) is 3.36. The molecule has 9 heteroatoms. The van der Waals surface area contributed by atoms with Crippen molar-refractivity contribution >= 4 is 16.9 Å². The fourth-order valence-corrected chi connectivity index (χ4v) is 3.36. The number of fused-ring (bicyclic) bond motifs is 1. The minimum atomic E-state index is -0.515. The van der Waals surface area contributed by atoms with Crippen molar-refractivity contribution in [3.05, 3.63) is 110 Å². The summed E-state index contributed by atoms with van der Waals surface area (Å²) in [5.41, 5.74) is 0.613. The van der Waals surface area contributed by atoms with Gasteiger partial charge in [0, 0.05) is 25.2 Å². The number of hydrogen-bond acceptors (Lipinski definition) is 5. The van der Waals surface area contributed by atoms with E-state index in [-0.39, 0.29) is 29.9 Å². The van der Waals surface area contributed by atoms with E-state index in [4.69, 9.17) is 0 Å². The third kappa shape index (κ3) is 3.22. The van der Waals surface area contributed by atoms with Gasteiger partial charge in [-0.25, -0.2) is 14.3 Å². The van der Waals surface area contributed by atoms with Crippen molar-refractivity contribution in [1.82, 2.24) is 18.7 Å². The van der Waals surface area contributed by atoms with Crippen LogP contribution < -0.4 is 11.2 Å². The maximum absolute atomic E-state index is 13.1. The molecule has 0 unspecified atom stereocenters. The normalized spacial score (nSPS) is 10.9. The minimum Gasteiger partial charge on any atom is -0.320 e. The Morgan fingerprint density at radius 1 is 1.10 bits per heavy atom. The first-order valence-electron chi connectivity index (χ1n) is 9.11. The highest BCUT2D eigenvalue weighted by molar-refractivity contribution is 5.72. The van der Waals surface area contributed by atoms with Crippen LogP contribution in [0.25, 0.3) is 16.9 Å². The van der Waals surface area contributed by atoms with Gasteiger partial charge in [0.25, 0.3) is 11.2 Å². The van der Waals surface area contributed by atoms with Crippen LogP contribution in [0.3, 0.4) is 0 Å². The topological polar surface area (TPSA) is 105 Å². The molecule has 0 atom stereocenters. The molecule has 0 aliphatic heterocycles. The van der Waals surface area contributed by atoms with E-state index in [2.05, 4.69) is 11.6 Å². The Morgan fingerprint density at radius 3 is 2.57 bits per heavy atom. The van der Waals surface area contributed by atoms with E-state index in [9.17, 15) is 19.7 Å². The third-order valence-electron chi connectivity index (χ3n) is 4.70. The van der Waals surface area contributed by atoms with Crippen molar-refractivity contribution in [2.24, 2.45) is 0 Å².